The molecule has 0 aromatic carbocycles. The average molecular weight is 281 g/mol. The number of pyridine rings is 1. The van der Waals surface area contributed by atoms with Gasteiger partial charge in [0.15, 0.2) is 0 Å². The summed E-state index contributed by atoms with van der Waals surface area (Å²) in [7, 11) is 0. The fraction of sp³-hybridized carbons (Fsp3) is 0.688. The van der Waals surface area contributed by atoms with E-state index < -0.39 is 0 Å². The summed E-state index contributed by atoms with van der Waals surface area (Å²) in [5.74, 6) is 1.67. The highest BCUT2D eigenvalue weighted by atomic mass is 35.5. The van der Waals surface area contributed by atoms with Gasteiger partial charge in [-0.05, 0) is 42.2 Å². The van der Waals surface area contributed by atoms with E-state index in [0.29, 0.717) is 11.3 Å². The van der Waals surface area contributed by atoms with Gasteiger partial charge in [0.05, 0.1) is 0 Å². The number of rotatable bonds is 3. The van der Waals surface area contributed by atoms with E-state index in [1.807, 2.05) is 6.20 Å². The third kappa shape index (κ3) is 4.38. The van der Waals surface area contributed by atoms with Crippen molar-refractivity contribution in [1.82, 2.24) is 4.98 Å². The topological polar surface area (TPSA) is 24.9 Å². The summed E-state index contributed by atoms with van der Waals surface area (Å²) in [5.41, 5.74) is 1.44. The van der Waals surface area contributed by atoms with Crippen molar-refractivity contribution in [2.75, 3.05) is 11.9 Å². The largest absolute Gasteiger partial charge is 0.370 e. The second-order valence-corrected chi connectivity index (χ2v) is 7.31. The van der Waals surface area contributed by atoms with Crippen LogP contribution in [0.4, 0.5) is 5.82 Å². The van der Waals surface area contributed by atoms with Crippen molar-refractivity contribution in [2.24, 2.45) is 5.92 Å². The Hall–Kier alpha value is -0.760. The summed E-state index contributed by atoms with van der Waals surface area (Å²) in [5, 5.41) is 3.82. The molecule has 1 aromatic heterocycles. The van der Waals surface area contributed by atoms with Gasteiger partial charge in [-0.2, -0.15) is 0 Å². The lowest BCUT2D eigenvalue weighted by atomic mass is 9.88. The van der Waals surface area contributed by atoms with Crippen LogP contribution in [0.2, 0.25) is 0 Å². The molecule has 0 bridgehead atoms. The maximum Gasteiger partial charge on any atom is 0.125 e. The first-order valence-electron chi connectivity index (χ1n) is 7.29. The molecule has 3 heteroatoms. The van der Waals surface area contributed by atoms with Gasteiger partial charge in [-0.25, -0.2) is 4.98 Å². The summed E-state index contributed by atoms with van der Waals surface area (Å²) in [6.45, 7) is 7.62. The maximum absolute atomic E-state index is 6.22. The molecule has 1 fully saturated rings. The lowest BCUT2D eigenvalue weighted by Crippen LogP contribution is -2.22. The zero-order valence-corrected chi connectivity index (χ0v) is 13.0. The number of aromatic nitrogens is 1. The molecule has 1 N–H and O–H groups in total. The van der Waals surface area contributed by atoms with Crippen molar-refractivity contribution in [2.45, 2.75) is 57.2 Å². The predicted octanol–water partition coefficient (Wildman–Crippen LogP) is 4.59. The molecule has 1 aliphatic carbocycles. The van der Waals surface area contributed by atoms with Gasteiger partial charge in [-0.3, -0.25) is 0 Å². The van der Waals surface area contributed by atoms with Crippen LogP contribution in [0.25, 0.3) is 0 Å². The van der Waals surface area contributed by atoms with Crippen LogP contribution in [0.1, 0.15) is 52.0 Å². The Kier molecular flexibility index (Phi) is 4.72. The second kappa shape index (κ2) is 6.13. The summed E-state index contributed by atoms with van der Waals surface area (Å²) >= 11 is 6.22. The van der Waals surface area contributed by atoms with Crippen LogP contribution in [0.15, 0.2) is 18.3 Å². The van der Waals surface area contributed by atoms with Crippen molar-refractivity contribution in [3.05, 3.63) is 23.9 Å². The highest BCUT2D eigenvalue weighted by Gasteiger charge is 2.20. The minimum absolute atomic E-state index is 0.167. The van der Waals surface area contributed by atoms with Gasteiger partial charge in [-0.1, -0.05) is 33.3 Å². The molecule has 2 rings (SSSR count). The minimum Gasteiger partial charge on any atom is -0.370 e. The van der Waals surface area contributed by atoms with Gasteiger partial charge >= 0.3 is 0 Å². The molecule has 0 radical (unpaired) electrons. The van der Waals surface area contributed by atoms with Crippen molar-refractivity contribution in [3.8, 4) is 0 Å². The fourth-order valence-corrected chi connectivity index (χ4v) is 3.01. The lowest BCUT2D eigenvalue weighted by molar-refractivity contribution is 0.378. The Labute approximate surface area is 122 Å². The Morgan fingerprint density at radius 3 is 2.68 bits per heavy atom. The molecule has 0 amide bonds. The van der Waals surface area contributed by atoms with E-state index in [0.717, 1.165) is 18.8 Å². The number of hydrogen-bond acceptors (Lipinski definition) is 2. The molecular formula is C16H25ClN2. The van der Waals surface area contributed by atoms with Crippen molar-refractivity contribution in [1.29, 1.82) is 0 Å². The lowest BCUT2D eigenvalue weighted by Gasteiger charge is -2.25. The fourth-order valence-electron chi connectivity index (χ4n) is 2.60. The molecule has 1 aromatic rings. The molecule has 1 saturated carbocycles. The highest BCUT2D eigenvalue weighted by molar-refractivity contribution is 6.20. The van der Waals surface area contributed by atoms with Crippen molar-refractivity contribution in [3.63, 3.8) is 0 Å². The third-order valence-corrected chi connectivity index (χ3v) is 4.32. The van der Waals surface area contributed by atoms with E-state index in [4.69, 9.17) is 11.6 Å². The van der Waals surface area contributed by atoms with Gasteiger partial charge in [0, 0.05) is 18.1 Å². The number of halogens is 1. The van der Waals surface area contributed by atoms with E-state index in [9.17, 15) is 0 Å². The number of nitrogens with one attached hydrogen (secondary N) is 1. The van der Waals surface area contributed by atoms with Crippen LogP contribution in [-0.4, -0.2) is 16.9 Å². The van der Waals surface area contributed by atoms with Crippen LogP contribution in [0.3, 0.4) is 0 Å². The van der Waals surface area contributed by atoms with E-state index in [2.05, 4.69) is 43.2 Å². The number of nitrogens with zero attached hydrogens (tertiary/aromatic N) is 1. The molecule has 2 nitrogen and oxygen atoms in total. The summed E-state index contributed by atoms with van der Waals surface area (Å²) in [6, 6.07) is 4.25. The normalized spacial score (nSPS) is 24.2. The standard InChI is InChI=1S/C16H25ClN2/c1-16(2,3)13-7-8-15(19-11-13)18-10-12-5-4-6-14(17)9-12/h7-8,11-12,14H,4-6,9-10H2,1-3H3,(H,18,19). The molecule has 19 heavy (non-hydrogen) atoms. The van der Waals surface area contributed by atoms with Gasteiger partial charge in [0.1, 0.15) is 5.82 Å². The van der Waals surface area contributed by atoms with Gasteiger partial charge in [-0.15, -0.1) is 11.6 Å². The van der Waals surface area contributed by atoms with Gasteiger partial charge in [0.2, 0.25) is 0 Å². The highest BCUT2D eigenvalue weighted by Crippen LogP contribution is 2.28. The molecule has 1 heterocycles. The van der Waals surface area contributed by atoms with E-state index >= 15 is 0 Å². The van der Waals surface area contributed by atoms with Crippen LogP contribution in [0, 0.1) is 5.92 Å². The summed E-state index contributed by atoms with van der Waals surface area (Å²) < 4.78 is 0. The number of alkyl halides is 1. The Bertz CT molecular complexity index is 394. The van der Waals surface area contributed by atoms with E-state index in [-0.39, 0.29) is 5.41 Å². The van der Waals surface area contributed by atoms with Gasteiger partial charge < -0.3 is 5.32 Å². The van der Waals surface area contributed by atoms with Crippen molar-refractivity contribution >= 4 is 17.4 Å². The third-order valence-electron chi connectivity index (χ3n) is 3.92. The summed E-state index contributed by atoms with van der Waals surface area (Å²) in [4.78, 5) is 4.50. The molecule has 106 valence electrons. The van der Waals surface area contributed by atoms with Crippen LogP contribution in [-0.2, 0) is 5.41 Å². The molecule has 0 aliphatic heterocycles. The molecule has 0 spiro atoms. The first-order valence-corrected chi connectivity index (χ1v) is 7.73. The second-order valence-electron chi connectivity index (χ2n) is 6.69. The Morgan fingerprint density at radius 1 is 1.32 bits per heavy atom. The monoisotopic (exact) mass is 280 g/mol. The summed E-state index contributed by atoms with van der Waals surface area (Å²) in [6.07, 6.45) is 6.84. The van der Waals surface area contributed by atoms with Crippen molar-refractivity contribution < 1.29 is 0 Å². The average Bonchev–Trinajstić information content (AvgIpc) is 2.36. The smallest absolute Gasteiger partial charge is 0.125 e. The van der Waals surface area contributed by atoms with Crippen LogP contribution < -0.4 is 5.32 Å². The van der Waals surface area contributed by atoms with E-state index in [1.165, 1.54) is 24.8 Å². The maximum atomic E-state index is 6.22. The molecular weight excluding hydrogens is 256 g/mol. The predicted molar refractivity (Wildman–Crippen MR) is 83.0 cm³/mol. The molecule has 2 atom stereocenters. The van der Waals surface area contributed by atoms with Crippen LogP contribution >= 0.6 is 11.6 Å². The first kappa shape index (κ1) is 14.6. The number of hydrogen-bond donors (Lipinski definition) is 1. The zero-order chi connectivity index (χ0) is 13.9. The number of anilines is 1. The first-order chi connectivity index (χ1) is 8.95. The minimum atomic E-state index is 0.167. The van der Waals surface area contributed by atoms with E-state index in [1.54, 1.807) is 0 Å². The SMILES string of the molecule is CC(C)(C)c1ccc(NCC2CCCC(Cl)C2)nc1. The van der Waals surface area contributed by atoms with Crippen LogP contribution in [0.5, 0.6) is 0 Å². The molecule has 0 saturated heterocycles. The quantitative estimate of drug-likeness (QED) is 0.819. The molecule has 2 unspecified atom stereocenters. The molecule has 1 aliphatic rings. The Morgan fingerprint density at radius 2 is 2.11 bits per heavy atom. The Balaban J connectivity index is 1.86. The zero-order valence-electron chi connectivity index (χ0n) is 12.2. The van der Waals surface area contributed by atoms with Gasteiger partial charge in [0.25, 0.3) is 0 Å².